The number of hydrogen-bond donors (Lipinski definition) is 3. The SMILES string of the molecule is N=C=O.N=C=O.N=C=O.O=C=NCCCCCCCCCCCN=C=O. The predicted octanol–water partition coefficient (Wildman–Crippen LogP) is 2.87. The summed E-state index contributed by atoms with van der Waals surface area (Å²) in [6.45, 7) is 1.25. The number of isocyanates is 5. The van der Waals surface area contributed by atoms with Crippen molar-refractivity contribution in [2.24, 2.45) is 9.98 Å². The Hall–Kier alpha value is -3.10. The summed E-state index contributed by atoms with van der Waals surface area (Å²) in [6.07, 6.45) is 15.9. The topological polar surface area (TPSA) is 182 Å². The molecule has 10 nitrogen and oxygen atoms in total. The highest BCUT2D eigenvalue weighted by atomic mass is 16.1. The molecule has 0 rings (SSSR count). The van der Waals surface area contributed by atoms with E-state index in [1.54, 1.807) is 12.2 Å². The van der Waals surface area contributed by atoms with Gasteiger partial charge < -0.3 is 0 Å². The molecule has 0 unspecified atom stereocenters. The van der Waals surface area contributed by atoms with Gasteiger partial charge in [0, 0.05) is 0 Å². The number of aliphatic imine (C=N–C) groups is 2. The van der Waals surface area contributed by atoms with Gasteiger partial charge in [-0.05, 0) is 12.8 Å². The van der Waals surface area contributed by atoms with Crippen LogP contribution < -0.4 is 0 Å². The second-order valence-corrected chi connectivity index (χ2v) is 4.43. The molecule has 0 saturated heterocycles. The van der Waals surface area contributed by atoms with Gasteiger partial charge in [-0.15, -0.1) is 0 Å². The highest BCUT2D eigenvalue weighted by Gasteiger charge is 1.92. The Morgan fingerprint density at radius 1 is 0.462 bits per heavy atom. The summed E-state index contributed by atoms with van der Waals surface area (Å²) in [4.78, 5) is 51.6. The van der Waals surface area contributed by atoms with Crippen molar-refractivity contribution in [3.05, 3.63) is 0 Å². The van der Waals surface area contributed by atoms with E-state index in [1.807, 2.05) is 0 Å². The van der Waals surface area contributed by atoms with E-state index >= 15 is 0 Å². The molecule has 0 radical (unpaired) electrons. The van der Waals surface area contributed by atoms with Crippen molar-refractivity contribution < 1.29 is 24.0 Å². The third-order valence-corrected chi connectivity index (χ3v) is 2.67. The molecule has 0 aliphatic rings. The molecule has 0 amide bonds. The molecule has 3 N–H and O–H groups in total. The Balaban J connectivity index is -0.000000224. The van der Waals surface area contributed by atoms with Gasteiger partial charge in [0.2, 0.25) is 30.4 Å². The van der Waals surface area contributed by atoms with Gasteiger partial charge in [0.05, 0.1) is 13.1 Å². The van der Waals surface area contributed by atoms with Crippen LogP contribution in [0.25, 0.3) is 0 Å². The summed E-state index contributed by atoms with van der Waals surface area (Å²) in [5.41, 5.74) is 0. The second kappa shape index (κ2) is 43.1. The smallest absolute Gasteiger partial charge is 0.222 e. The normalized spacial score (nSPS) is 7.08. The van der Waals surface area contributed by atoms with Gasteiger partial charge in [0.25, 0.3) is 0 Å². The van der Waals surface area contributed by atoms with Crippen LogP contribution in [0, 0.1) is 16.2 Å². The minimum atomic E-state index is 0.626. The van der Waals surface area contributed by atoms with Crippen LogP contribution in [0.4, 0.5) is 0 Å². The van der Waals surface area contributed by atoms with Crippen LogP contribution in [0.2, 0.25) is 0 Å². The fourth-order valence-corrected chi connectivity index (χ4v) is 1.71. The molecule has 0 atom stereocenters. The van der Waals surface area contributed by atoms with Crippen molar-refractivity contribution in [1.29, 1.82) is 16.2 Å². The Labute approximate surface area is 152 Å². The van der Waals surface area contributed by atoms with E-state index < -0.39 is 0 Å². The first-order valence-electron chi connectivity index (χ1n) is 7.85. The molecule has 144 valence electrons. The summed E-state index contributed by atoms with van der Waals surface area (Å²) in [6, 6.07) is 0. The van der Waals surface area contributed by atoms with Crippen LogP contribution in [-0.2, 0) is 24.0 Å². The van der Waals surface area contributed by atoms with Gasteiger partial charge in [-0.3, -0.25) is 0 Å². The van der Waals surface area contributed by atoms with E-state index in [1.165, 1.54) is 32.1 Å². The fourth-order valence-electron chi connectivity index (χ4n) is 1.71. The third kappa shape index (κ3) is 69.7. The summed E-state index contributed by atoms with van der Waals surface area (Å²) in [5, 5.41) is 16.2. The van der Waals surface area contributed by atoms with Crippen LogP contribution >= 0.6 is 0 Å². The zero-order chi connectivity index (χ0) is 20.7. The maximum Gasteiger partial charge on any atom is 0.234 e. The molecule has 0 spiro atoms. The molecular formula is C16H25N5O5. The van der Waals surface area contributed by atoms with E-state index in [9.17, 15) is 9.59 Å². The van der Waals surface area contributed by atoms with E-state index in [0.717, 1.165) is 43.9 Å². The first-order valence-corrected chi connectivity index (χ1v) is 7.85. The van der Waals surface area contributed by atoms with Crippen LogP contribution in [0.15, 0.2) is 9.98 Å². The summed E-state index contributed by atoms with van der Waals surface area (Å²) < 4.78 is 0. The number of nitrogens with one attached hydrogen (secondary N) is 3. The molecule has 0 aromatic rings. The molecule has 0 aromatic heterocycles. The average Bonchev–Trinajstić information content (AvgIpc) is 2.61. The molecule has 0 fully saturated rings. The molecule has 0 aliphatic heterocycles. The molecule has 26 heavy (non-hydrogen) atoms. The number of carbonyl (C=O) groups excluding carboxylic acids is 5. The van der Waals surface area contributed by atoms with Gasteiger partial charge in [0.1, 0.15) is 0 Å². The first-order chi connectivity index (χ1) is 12.7. The third-order valence-electron chi connectivity index (χ3n) is 2.67. The van der Waals surface area contributed by atoms with E-state index in [2.05, 4.69) is 9.98 Å². The lowest BCUT2D eigenvalue weighted by molar-refractivity contribution is 0.551. The Kier molecular flexibility index (Phi) is 51.0. The zero-order valence-electron chi connectivity index (χ0n) is 14.7. The standard InChI is InChI=1S/C13H22N2O2.3CHNO/c16-12-14-10-8-6-4-2-1-3-5-7-9-11-15-13-17;3*2-1-3/h1-11H2;3*2H. The molecule has 10 heteroatoms. The van der Waals surface area contributed by atoms with E-state index in [0.29, 0.717) is 13.1 Å². The van der Waals surface area contributed by atoms with Crippen LogP contribution in [0.5, 0.6) is 0 Å². The Morgan fingerprint density at radius 2 is 0.654 bits per heavy atom. The molecule has 0 aromatic carbocycles. The van der Waals surface area contributed by atoms with Gasteiger partial charge in [-0.2, -0.15) is 0 Å². The molecule has 0 heterocycles. The van der Waals surface area contributed by atoms with Crippen LogP contribution in [-0.4, -0.2) is 43.5 Å². The average molecular weight is 367 g/mol. The van der Waals surface area contributed by atoms with Crippen molar-refractivity contribution in [2.45, 2.75) is 57.8 Å². The van der Waals surface area contributed by atoms with Crippen molar-refractivity contribution in [3.8, 4) is 0 Å². The molecular weight excluding hydrogens is 342 g/mol. The number of rotatable bonds is 12. The van der Waals surface area contributed by atoms with Gasteiger partial charge in [0.15, 0.2) is 0 Å². The number of nitrogens with zero attached hydrogens (tertiary/aromatic N) is 2. The quantitative estimate of drug-likeness (QED) is 0.272. The molecule has 0 saturated carbocycles. The predicted molar refractivity (Wildman–Crippen MR) is 92.8 cm³/mol. The van der Waals surface area contributed by atoms with Crippen LogP contribution in [0.1, 0.15) is 57.8 Å². The number of unbranched alkanes of at least 4 members (excludes halogenated alkanes) is 8. The molecule has 0 aliphatic carbocycles. The second-order valence-electron chi connectivity index (χ2n) is 4.43. The first kappa shape index (κ1) is 30.7. The minimum absolute atomic E-state index is 0.626. The Bertz CT molecular complexity index is 425. The van der Waals surface area contributed by atoms with E-state index in [4.69, 9.17) is 30.6 Å². The fraction of sp³-hybridized carbons (Fsp3) is 0.688. The van der Waals surface area contributed by atoms with Gasteiger partial charge in [-0.1, -0.05) is 44.9 Å². The summed E-state index contributed by atoms with van der Waals surface area (Å²) in [7, 11) is 0. The monoisotopic (exact) mass is 367 g/mol. The highest BCUT2D eigenvalue weighted by molar-refractivity contribution is 5.32. The number of hydrogen-bond acceptors (Lipinski definition) is 10. The lowest BCUT2D eigenvalue weighted by atomic mass is 10.1. The summed E-state index contributed by atoms with van der Waals surface area (Å²) in [5.74, 6) is 0. The zero-order valence-corrected chi connectivity index (χ0v) is 14.7. The highest BCUT2D eigenvalue weighted by Crippen LogP contribution is 2.09. The van der Waals surface area contributed by atoms with Crippen LogP contribution in [0.3, 0.4) is 0 Å². The van der Waals surface area contributed by atoms with E-state index in [-0.39, 0.29) is 0 Å². The maximum atomic E-state index is 9.79. The van der Waals surface area contributed by atoms with Crippen molar-refractivity contribution in [2.75, 3.05) is 13.1 Å². The lowest BCUT2D eigenvalue weighted by Crippen LogP contribution is -1.85. The summed E-state index contributed by atoms with van der Waals surface area (Å²) >= 11 is 0. The van der Waals surface area contributed by atoms with Crippen molar-refractivity contribution >= 4 is 30.4 Å². The van der Waals surface area contributed by atoms with Gasteiger partial charge >= 0.3 is 0 Å². The largest absolute Gasteiger partial charge is 0.234 e. The minimum Gasteiger partial charge on any atom is -0.222 e. The maximum absolute atomic E-state index is 9.79. The molecule has 0 bridgehead atoms. The van der Waals surface area contributed by atoms with Crippen molar-refractivity contribution in [3.63, 3.8) is 0 Å². The van der Waals surface area contributed by atoms with Crippen molar-refractivity contribution in [1.82, 2.24) is 0 Å². The Morgan fingerprint density at radius 3 is 0.846 bits per heavy atom. The lowest BCUT2D eigenvalue weighted by Gasteiger charge is -2.00. The van der Waals surface area contributed by atoms with Gasteiger partial charge in [-0.25, -0.2) is 50.2 Å².